The number of hydrogen-bond acceptors (Lipinski definition) is 8. The van der Waals surface area contributed by atoms with Gasteiger partial charge in [0.25, 0.3) is 0 Å². The number of piperazine rings is 1. The second kappa shape index (κ2) is 9.44. The highest BCUT2D eigenvalue weighted by Gasteiger charge is 2.29. The molecule has 0 aliphatic carbocycles. The minimum Gasteiger partial charge on any atom is -0.488 e. The van der Waals surface area contributed by atoms with Crippen molar-refractivity contribution in [2.45, 2.75) is 13.0 Å². The molecule has 2 aliphatic rings. The Kier molecular flexibility index (Phi) is 6.07. The van der Waals surface area contributed by atoms with E-state index in [1.54, 1.807) is 0 Å². The van der Waals surface area contributed by atoms with Gasteiger partial charge in [0, 0.05) is 37.9 Å². The fourth-order valence-corrected chi connectivity index (χ4v) is 5.01. The highest BCUT2D eigenvalue weighted by molar-refractivity contribution is 6.31. The number of nitrogens with one attached hydrogen (secondary N) is 1. The monoisotopic (exact) mass is 544 g/mol. The Labute approximate surface area is 218 Å². The van der Waals surface area contributed by atoms with Crippen molar-refractivity contribution >= 4 is 28.5 Å². The minimum absolute atomic E-state index is 0.0298. The molecule has 0 saturated carbocycles. The van der Waals surface area contributed by atoms with Gasteiger partial charge in [0.05, 0.1) is 10.9 Å². The van der Waals surface area contributed by atoms with Gasteiger partial charge in [0.2, 0.25) is 0 Å². The summed E-state index contributed by atoms with van der Waals surface area (Å²) in [6, 6.07) is 4.24. The highest BCUT2D eigenvalue weighted by Crippen LogP contribution is 2.39. The van der Waals surface area contributed by atoms with Crippen molar-refractivity contribution < 1.29 is 22.6 Å². The summed E-state index contributed by atoms with van der Waals surface area (Å²) in [6.45, 7) is 3.30. The molecule has 2 aliphatic heterocycles. The van der Waals surface area contributed by atoms with Gasteiger partial charge in [-0.25, -0.2) is 32.5 Å². The van der Waals surface area contributed by atoms with Crippen LogP contribution < -0.4 is 25.4 Å². The maximum atomic E-state index is 15.8. The molecule has 4 aromatic rings. The lowest BCUT2D eigenvalue weighted by Crippen LogP contribution is -2.50. The highest BCUT2D eigenvalue weighted by atomic mass is 35.5. The number of ether oxygens (including phenoxy) is 2. The van der Waals surface area contributed by atoms with E-state index in [4.69, 9.17) is 21.1 Å². The van der Waals surface area contributed by atoms with E-state index in [-0.39, 0.29) is 52.7 Å². The summed E-state index contributed by atoms with van der Waals surface area (Å²) in [5, 5.41) is 3.32. The molecule has 3 aromatic heterocycles. The van der Waals surface area contributed by atoms with Crippen LogP contribution >= 0.6 is 11.6 Å². The molecule has 0 spiro atoms. The van der Waals surface area contributed by atoms with Gasteiger partial charge in [-0.15, -0.1) is 0 Å². The van der Waals surface area contributed by atoms with Crippen molar-refractivity contribution in [3.05, 3.63) is 63.6 Å². The summed E-state index contributed by atoms with van der Waals surface area (Å²) < 4.78 is 58.0. The molecule has 1 fully saturated rings. The summed E-state index contributed by atoms with van der Waals surface area (Å²) in [5.74, 6) is -2.98. The molecule has 38 heavy (non-hydrogen) atoms. The summed E-state index contributed by atoms with van der Waals surface area (Å²) in [4.78, 5) is 28.3. The van der Waals surface area contributed by atoms with Crippen molar-refractivity contribution in [3.8, 4) is 28.4 Å². The molecule has 6 rings (SSSR count). The van der Waals surface area contributed by atoms with Crippen LogP contribution in [-0.2, 0) is 0 Å². The Morgan fingerprint density at radius 3 is 2.68 bits per heavy atom. The van der Waals surface area contributed by atoms with Gasteiger partial charge in [-0.3, -0.25) is 0 Å². The fraction of sp³-hybridized carbons (Fsp3) is 0.280. The van der Waals surface area contributed by atoms with E-state index >= 15 is 8.78 Å². The maximum absolute atomic E-state index is 15.8. The lowest BCUT2D eigenvalue weighted by molar-refractivity contribution is 0.211. The van der Waals surface area contributed by atoms with Crippen molar-refractivity contribution in [2.24, 2.45) is 0 Å². The van der Waals surface area contributed by atoms with E-state index in [1.165, 1.54) is 12.3 Å². The molecule has 0 radical (unpaired) electrons. The van der Waals surface area contributed by atoms with Crippen molar-refractivity contribution in [1.29, 1.82) is 0 Å². The Balaban J connectivity index is 1.76. The first-order valence-electron chi connectivity index (χ1n) is 11.8. The first-order valence-corrected chi connectivity index (χ1v) is 12.2. The number of pyridine rings is 2. The third kappa shape index (κ3) is 3.91. The summed E-state index contributed by atoms with van der Waals surface area (Å²) in [6.07, 6.45) is 1.38. The largest absolute Gasteiger partial charge is 0.488 e. The lowest BCUT2D eigenvalue weighted by atomic mass is 10.1. The molecule has 2 bridgehead atoms. The molecule has 9 nitrogen and oxygen atoms in total. The Morgan fingerprint density at radius 2 is 1.87 bits per heavy atom. The fourth-order valence-electron chi connectivity index (χ4n) is 4.78. The lowest BCUT2D eigenvalue weighted by Gasteiger charge is -2.35. The summed E-state index contributed by atoms with van der Waals surface area (Å²) >= 11 is 6.43. The number of rotatable bonds is 1. The second-order valence-electron chi connectivity index (χ2n) is 8.87. The average molecular weight is 545 g/mol. The maximum Gasteiger partial charge on any atom is 0.356 e. The molecule has 5 heterocycles. The number of anilines is 1. The van der Waals surface area contributed by atoms with Crippen molar-refractivity contribution in [3.63, 3.8) is 0 Å². The van der Waals surface area contributed by atoms with Gasteiger partial charge in [-0.1, -0.05) is 11.6 Å². The second-order valence-corrected chi connectivity index (χ2v) is 9.23. The average Bonchev–Trinajstić information content (AvgIpc) is 2.89. The first-order chi connectivity index (χ1) is 18.3. The minimum atomic E-state index is -0.955. The number of hydrogen-bond donors (Lipinski definition) is 1. The summed E-state index contributed by atoms with van der Waals surface area (Å²) in [5.41, 5.74) is -1.89. The molecule has 1 unspecified atom stereocenters. The van der Waals surface area contributed by atoms with E-state index in [9.17, 15) is 9.18 Å². The zero-order valence-electron chi connectivity index (χ0n) is 20.0. The number of aromatic nitrogens is 4. The molecule has 1 aromatic carbocycles. The van der Waals surface area contributed by atoms with Crippen LogP contribution in [0.5, 0.6) is 11.5 Å². The Morgan fingerprint density at radius 1 is 1.08 bits per heavy atom. The van der Waals surface area contributed by atoms with E-state index in [2.05, 4.69) is 20.3 Å². The van der Waals surface area contributed by atoms with Gasteiger partial charge in [0.15, 0.2) is 28.2 Å². The zero-order valence-corrected chi connectivity index (χ0v) is 20.7. The quantitative estimate of drug-likeness (QED) is 0.364. The number of fused-ring (bicyclic) bond motifs is 5. The third-order valence-corrected chi connectivity index (χ3v) is 6.80. The van der Waals surface area contributed by atoms with Crippen LogP contribution in [-0.4, -0.2) is 58.4 Å². The van der Waals surface area contributed by atoms with Crippen molar-refractivity contribution in [2.75, 3.05) is 37.7 Å². The van der Waals surface area contributed by atoms with E-state index < -0.39 is 40.1 Å². The predicted octanol–water partition coefficient (Wildman–Crippen LogP) is 3.48. The molecular weight excluding hydrogens is 525 g/mol. The first kappa shape index (κ1) is 24.4. The van der Waals surface area contributed by atoms with Crippen LogP contribution in [0.2, 0.25) is 5.15 Å². The van der Waals surface area contributed by atoms with Crippen LogP contribution in [0.4, 0.5) is 19.0 Å². The van der Waals surface area contributed by atoms with E-state index in [0.717, 1.165) is 22.8 Å². The zero-order chi connectivity index (χ0) is 26.6. The SMILES string of the molecule is CC1CNCCN1c1nc(=O)n2c3nc(c(F)cc13)-c1c(F)ccc(F)c1OCCOc1ccnc(Cl)c1-2. The number of benzene rings is 1. The van der Waals surface area contributed by atoms with E-state index in [1.807, 2.05) is 11.8 Å². The Hall–Kier alpha value is -3.90. The molecule has 1 atom stereocenters. The normalized spacial score (nSPS) is 17.2. The molecule has 196 valence electrons. The molecular formula is C25H20ClF3N6O3. The third-order valence-electron chi connectivity index (χ3n) is 6.52. The molecule has 1 N–H and O–H groups in total. The summed E-state index contributed by atoms with van der Waals surface area (Å²) in [7, 11) is 0. The molecule has 0 amide bonds. The Bertz CT molecular complexity index is 1650. The van der Waals surface area contributed by atoms with Gasteiger partial charge >= 0.3 is 5.69 Å². The van der Waals surface area contributed by atoms with Crippen LogP contribution in [0.25, 0.3) is 28.0 Å². The smallest absolute Gasteiger partial charge is 0.356 e. The van der Waals surface area contributed by atoms with Gasteiger partial charge < -0.3 is 19.7 Å². The van der Waals surface area contributed by atoms with Crippen LogP contribution in [0.3, 0.4) is 0 Å². The predicted molar refractivity (Wildman–Crippen MR) is 134 cm³/mol. The van der Waals surface area contributed by atoms with Crippen molar-refractivity contribution in [1.82, 2.24) is 24.8 Å². The molecule has 13 heteroatoms. The van der Waals surface area contributed by atoms with Crippen LogP contribution in [0.1, 0.15) is 6.92 Å². The topological polar surface area (TPSA) is 94.4 Å². The molecule has 1 saturated heterocycles. The van der Waals surface area contributed by atoms with Gasteiger partial charge in [-0.2, -0.15) is 4.98 Å². The van der Waals surface area contributed by atoms with Gasteiger partial charge in [-0.05, 0) is 25.1 Å². The van der Waals surface area contributed by atoms with Gasteiger partial charge in [0.1, 0.15) is 42.0 Å². The number of halogens is 4. The van der Waals surface area contributed by atoms with Crippen LogP contribution in [0.15, 0.2) is 35.3 Å². The van der Waals surface area contributed by atoms with E-state index in [0.29, 0.717) is 19.6 Å². The number of nitrogens with zero attached hydrogens (tertiary/aromatic N) is 5. The van der Waals surface area contributed by atoms with Crippen LogP contribution in [0, 0.1) is 17.5 Å². The standard InChI is InChI=1S/C25H20ClF3N6O3/c1-12-11-30-6-7-34(12)23-13-10-16(29)19-18-14(27)2-3-15(28)21(18)38-9-8-37-17-4-5-31-22(26)20(17)35(24(13)32-19)25(36)33-23/h2-5,10,12,30H,6-9,11H2,1H3.